The van der Waals surface area contributed by atoms with E-state index in [0.29, 0.717) is 19.7 Å². The van der Waals surface area contributed by atoms with Crippen molar-refractivity contribution in [2.75, 3.05) is 19.7 Å². The molecule has 0 atom stereocenters. The van der Waals surface area contributed by atoms with Gasteiger partial charge in [-0.05, 0) is 19.8 Å². The molecule has 4 heteroatoms. The van der Waals surface area contributed by atoms with Gasteiger partial charge in [0.25, 0.3) is 0 Å². The largest absolute Gasteiger partial charge is 0.450 e. The molecular weight excluding hydrogens is 182 g/mol. The van der Waals surface area contributed by atoms with Crippen LogP contribution >= 0.6 is 0 Å². The van der Waals surface area contributed by atoms with Crippen LogP contribution in [-0.2, 0) is 9.53 Å². The zero-order chi connectivity index (χ0) is 10.6. The van der Waals surface area contributed by atoms with Crippen molar-refractivity contribution in [3.8, 4) is 0 Å². The summed E-state index contributed by atoms with van der Waals surface area (Å²) in [4.78, 5) is 23.7. The Labute approximate surface area is 84.2 Å². The minimum Gasteiger partial charge on any atom is -0.450 e. The molecular formula is C10H17NO3. The van der Waals surface area contributed by atoms with Crippen molar-refractivity contribution in [1.29, 1.82) is 0 Å². The molecule has 1 heterocycles. The predicted molar refractivity (Wildman–Crippen MR) is 52.0 cm³/mol. The summed E-state index contributed by atoms with van der Waals surface area (Å²) >= 11 is 0. The van der Waals surface area contributed by atoms with Gasteiger partial charge in [0, 0.05) is 18.5 Å². The Morgan fingerprint density at radius 3 is 2.50 bits per heavy atom. The van der Waals surface area contributed by atoms with Gasteiger partial charge >= 0.3 is 6.09 Å². The molecule has 0 aromatic heterocycles. The molecule has 4 nitrogen and oxygen atoms in total. The fourth-order valence-corrected chi connectivity index (χ4v) is 1.53. The van der Waals surface area contributed by atoms with Gasteiger partial charge in [-0.1, -0.05) is 6.92 Å². The van der Waals surface area contributed by atoms with Crippen LogP contribution in [0.5, 0.6) is 0 Å². The number of aldehydes is 1. The molecule has 0 N–H and O–H groups in total. The lowest BCUT2D eigenvalue weighted by Gasteiger charge is -2.34. The molecule has 14 heavy (non-hydrogen) atoms. The lowest BCUT2D eigenvalue weighted by molar-refractivity contribution is -0.117. The summed E-state index contributed by atoms with van der Waals surface area (Å²) in [6.07, 6.45) is 2.19. The highest BCUT2D eigenvalue weighted by Gasteiger charge is 2.31. The van der Waals surface area contributed by atoms with E-state index in [1.807, 2.05) is 6.92 Å². The van der Waals surface area contributed by atoms with Crippen molar-refractivity contribution in [2.24, 2.45) is 5.41 Å². The summed E-state index contributed by atoms with van der Waals surface area (Å²) in [5, 5.41) is 0. The van der Waals surface area contributed by atoms with E-state index in [9.17, 15) is 9.59 Å². The molecule has 0 spiro atoms. The van der Waals surface area contributed by atoms with E-state index in [1.54, 1.807) is 11.8 Å². The van der Waals surface area contributed by atoms with Crippen LogP contribution in [0.1, 0.15) is 26.7 Å². The number of rotatable bonds is 2. The van der Waals surface area contributed by atoms with Crippen LogP contribution in [-0.4, -0.2) is 37.0 Å². The highest BCUT2D eigenvalue weighted by Crippen LogP contribution is 2.28. The fraction of sp³-hybridized carbons (Fsp3) is 0.800. The van der Waals surface area contributed by atoms with Crippen molar-refractivity contribution in [2.45, 2.75) is 26.7 Å². The standard InChI is InChI=1S/C10H17NO3/c1-3-14-9(13)11-6-4-10(2,8-12)5-7-11/h8H,3-7H2,1-2H3. The Morgan fingerprint density at radius 2 is 2.07 bits per heavy atom. The molecule has 0 bridgehead atoms. The van der Waals surface area contributed by atoms with Crippen molar-refractivity contribution in [3.63, 3.8) is 0 Å². The minimum atomic E-state index is -0.263. The summed E-state index contributed by atoms with van der Waals surface area (Å²) in [5.74, 6) is 0. The quantitative estimate of drug-likeness (QED) is 0.632. The maximum atomic E-state index is 11.3. The van der Waals surface area contributed by atoms with Crippen LogP contribution in [0.2, 0.25) is 0 Å². The lowest BCUT2D eigenvalue weighted by atomic mass is 9.82. The van der Waals surface area contributed by atoms with Gasteiger partial charge in [0.15, 0.2) is 0 Å². The third kappa shape index (κ3) is 2.47. The lowest BCUT2D eigenvalue weighted by Crippen LogP contribution is -2.42. The van der Waals surface area contributed by atoms with Crippen molar-refractivity contribution >= 4 is 12.4 Å². The van der Waals surface area contributed by atoms with Gasteiger partial charge in [0.1, 0.15) is 6.29 Å². The normalized spacial score (nSPS) is 20.3. The zero-order valence-electron chi connectivity index (χ0n) is 8.78. The number of ether oxygens (including phenoxy) is 1. The molecule has 0 aromatic rings. The average molecular weight is 199 g/mol. The maximum Gasteiger partial charge on any atom is 0.409 e. The van der Waals surface area contributed by atoms with E-state index in [2.05, 4.69) is 0 Å². The predicted octanol–water partition coefficient (Wildman–Crippen LogP) is 1.44. The van der Waals surface area contributed by atoms with Crippen LogP contribution in [0.15, 0.2) is 0 Å². The topological polar surface area (TPSA) is 46.6 Å². The van der Waals surface area contributed by atoms with Crippen molar-refractivity contribution in [1.82, 2.24) is 4.90 Å². The van der Waals surface area contributed by atoms with E-state index >= 15 is 0 Å². The van der Waals surface area contributed by atoms with Crippen molar-refractivity contribution in [3.05, 3.63) is 0 Å². The highest BCUT2D eigenvalue weighted by molar-refractivity contribution is 5.68. The Hall–Kier alpha value is -1.06. The third-order valence-electron chi connectivity index (χ3n) is 2.72. The van der Waals surface area contributed by atoms with Crippen LogP contribution in [0.25, 0.3) is 0 Å². The summed E-state index contributed by atoms with van der Waals surface area (Å²) in [5.41, 5.74) is -0.247. The van der Waals surface area contributed by atoms with Crippen LogP contribution in [0, 0.1) is 5.41 Å². The van der Waals surface area contributed by atoms with E-state index in [-0.39, 0.29) is 11.5 Å². The Bertz CT molecular complexity index is 219. The van der Waals surface area contributed by atoms with E-state index in [4.69, 9.17) is 4.74 Å². The smallest absolute Gasteiger partial charge is 0.409 e. The van der Waals surface area contributed by atoms with Gasteiger partial charge in [-0.15, -0.1) is 0 Å². The van der Waals surface area contributed by atoms with Crippen LogP contribution < -0.4 is 0 Å². The highest BCUT2D eigenvalue weighted by atomic mass is 16.6. The number of carbonyl (C=O) groups is 2. The van der Waals surface area contributed by atoms with Gasteiger partial charge in [0.2, 0.25) is 0 Å². The minimum absolute atomic E-state index is 0.247. The van der Waals surface area contributed by atoms with Crippen LogP contribution in [0.3, 0.4) is 0 Å². The molecule has 1 saturated heterocycles. The first kappa shape index (κ1) is 11.0. The van der Waals surface area contributed by atoms with Gasteiger partial charge in [-0.3, -0.25) is 0 Å². The number of amides is 1. The molecule has 0 aromatic carbocycles. The van der Waals surface area contributed by atoms with Gasteiger partial charge < -0.3 is 14.4 Å². The van der Waals surface area contributed by atoms with E-state index in [0.717, 1.165) is 19.1 Å². The molecule has 1 amide bonds. The zero-order valence-corrected chi connectivity index (χ0v) is 8.78. The molecule has 0 unspecified atom stereocenters. The Balaban J connectivity index is 2.42. The first-order valence-corrected chi connectivity index (χ1v) is 4.99. The summed E-state index contributed by atoms with van der Waals surface area (Å²) < 4.78 is 4.88. The first-order chi connectivity index (χ1) is 6.61. The molecule has 0 aliphatic carbocycles. The second-order valence-electron chi connectivity index (χ2n) is 3.96. The second kappa shape index (κ2) is 4.44. The van der Waals surface area contributed by atoms with Crippen LogP contribution in [0.4, 0.5) is 4.79 Å². The fourth-order valence-electron chi connectivity index (χ4n) is 1.53. The number of likely N-dealkylation sites (tertiary alicyclic amines) is 1. The van der Waals surface area contributed by atoms with Gasteiger partial charge in [0.05, 0.1) is 6.61 Å². The molecule has 1 fully saturated rings. The number of piperidine rings is 1. The summed E-state index contributed by atoms with van der Waals surface area (Å²) in [7, 11) is 0. The molecule has 1 rings (SSSR count). The van der Waals surface area contributed by atoms with E-state index in [1.165, 1.54) is 0 Å². The molecule has 1 aliphatic rings. The number of hydrogen-bond acceptors (Lipinski definition) is 3. The molecule has 1 aliphatic heterocycles. The third-order valence-corrected chi connectivity index (χ3v) is 2.72. The van der Waals surface area contributed by atoms with Gasteiger partial charge in [-0.25, -0.2) is 4.79 Å². The number of carbonyl (C=O) groups excluding carboxylic acids is 2. The summed E-state index contributed by atoms with van der Waals surface area (Å²) in [6.45, 7) is 5.36. The molecule has 80 valence electrons. The second-order valence-corrected chi connectivity index (χ2v) is 3.96. The monoisotopic (exact) mass is 199 g/mol. The summed E-state index contributed by atoms with van der Waals surface area (Å²) in [6, 6.07) is 0. The van der Waals surface area contributed by atoms with E-state index < -0.39 is 0 Å². The van der Waals surface area contributed by atoms with Crippen molar-refractivity contribution < 1.29 is 14.3 Å². The SMILES string of the molecule is CCOC(=O)N1CCC(C)(C=O)CC1. The molecule has 0 radical (unpaired) electrons. The Morgan fingerprint density at radius 1 is 1.50 bits per heavy atom. The number of hydrogen-bond donors (Lipinski definition) is 0. The molecule has 0 saturated carbocycles. The number of nitrogens with zero attached hydrogens (tertiary/aromatic N) is 1. The van der Waals surface area contributed by atoms with Gasteiger partial charge in [-0.2, -0.15) is 0 Å². The maximum absolute atomic E-state index is 11.3. The average Bonchev–Trinajstić information content (AvgIpc) is 2.19. The Kier molecular flexibility index (Phi) is 3.49. The first-order valence-electron chi connectivity index (χ1n) is 4.99.